The molecule has 2 aromatic heterocycles. The van der Waals surface area contributed by atoms with E-state index in [1.165, 1.54) is 24.1 Å². The van der Waals surface area contributed by atoms with Crippen LogP contribution in [0.25, 0.3) is 0 Å². The van der Waals surface area contributed by atoms with E-state index in [-0.39, 0.29) is 12.0 Å². The molecule has 0 radical (unpaired) electrons. The van der Waals surface area contributed by atoms with Gasteiger partial charge in [-0.3, -0.25) is 9.78 Å². The normalized spacial score (nSPS) is 20.8. The number of hydrogen-bond donors (Lipinski definition) is 1. The summed E-state index contributed by atoms with van der Waals surface area (Å²) in [6.45, 7) is 4.94. The van der Waals surface area contributed by atoms with Crippen molar-refractivity contribution < 1.29 is 4.79 Å². The summed E-state index contributed by atoms with van der Waals surface area (Å²) in [6, 6.07) is 4.25. The second-order valence-electron chi connectivity index (χ2n) is 7.85. The van der Waals surface area contributed by atoms with Gasteiger partial charge in [0.15, 0.2) is 5.13 Å². The van der Waals surface area contributed by atoms with Crippen molar-refractivity contribution in [3.05, 3.63) is 34.6 Å². The van der Waals surface area contributed by atoms with Gasteiger partial charge in [-0.2, -0.15) is 0 Å². The zero-order valence-electron chi connectivity index (χ0n) is 16.2. The molecule has 1 aliphatic carbocycles. The van der Waals surface area contributed by atoms with Crippen LogP contribution >= 0.6 is 11.3 Å². The Morgan fingerprint density at radius 3 is 2.70 bits per heavy atom. The maximum Gasteiger partial charge on any atom is 0.226 e. The highest BCUT2D eigenvalue weighted by Gasteiger charge is 2.35. The SMILES string of the molecule is Cc1cc(Nc2ncc(C)s2)cc(C2CCCN2C(=O)C2CCCCC2)n1. The number of amides is 1. The lowest BCUT2D eigenvalue weighted by atomic mass is 9.88. The maximum atomic E-state index is 13.1. The monoisotopic (exact) mass is 384 g/mol. The zero-order valence-corrected chi connectivity index (χ0v) is 17.0. The maximum absolute atomic E-state index is 13.1. The zero-order chi connectivity index (χ0) is 18.8. The van der Waals surface area contributed by atoms with E-state index >= 15 is 0 Å². The first-order chi connectivity index (χ1) is 13.1. The van der Waals surface area contributed by atoms with Crippen molar-refractivity contribution in [3.8, 4) is 0 Å². The first-order valence-electron chi connectivity index (χ1n) is 10.1. The van der Waals surface area contributed by atoms with Crippen molar-refractivity contribution in [1.82, 2.24) is 14.9 Å². The van der Waals surface area contributed by atoms with E-state index < -0.39 is 0 Å². The molecular formula is C21H28N4OS. The summed E-state index contributed by atoms with van der Waals surface area (Å²) in [7, 11) is 0. The minimum absolute atomic E-state index is 0.109. The standard InChI is InChI=1S/C21H28N4OS/c1-14-11-17(24-21-22-13-15(2)27-21)12-18(23-14)19-9-6-10-25(19)20(26)16-7-4-3-5-8-16/h11-13,16,19H,3-10H2,1-2H3,(H,22,23,24). The minimum atomic E-state index is 0.109. The van der Waals surface area contributed by atoms with Crippen molar-refractivity contribution in [1.29, 1.82) is 0 Å². The molecule has 144 valence electrons. The highest BCUT2D eigenvalue weighted by Crippen LogP contribution is 2.36. The molecule has 1 N–H and O–H groups in total. The lowest BCUT2D eigenvalue weighted by molar-refractivity contribution is -0.137. The molecule has 1 amide bonds. The third kappa shape index (κ3) is 4.15. The van der Waals surface area contributed by atoms with Crippen LogP contribution < -0.4 is 5.32 Å². The van der Waals surface area contributed by atoms with E-state index in [4.69, 9.17) is 4.98 Å². The van der Waals surface area contributed by atoms with Crippen molar-refractivity contribution in [2.24, 2.45) is 5.92 Å². The number of aromatic nitrogens is 2. The van der Waals surface area contributed by atoms with E-state index in [0.717, 1.165) is 54.4 Å². The first-order valence-corrected chi connectivity index (χ1v) is 10.9. The van der Waals surface area contributed by atoms with Crippen LogP contribution in [-0.2, 0) is 4.79 Å². The van der Waals surface area contributed by atoms with Crippen molar-refractivity contribution in [2.75, 3.05) is 11.9 Å². The number of carbonyl (C=O) groups excluding carboxylic acids is 1. The summed E-state index contributed by atoms with van der Waals surface area (Å²) in [5, 5.41) is 4.29. The molecule has 4 rings (SSSR count). The van der Waals surface area contributed by atoms with Gasteiger partial charge in [0.2, 0.25) is 5.91 Å². The van der Waals surface area contributed by atoms with E-state index in [1.54, 1.807) is 11.3 Å². The van der Waals surface area contributed by atoms with Gasteiger partial charge in [0.05, 0.1) is 11.7 Å². The van der Waals surface area contributed by atoms with Crippen LogP contribution in [0.3, 0.4) is 0 Å². The molecule has 2 aromatic rings. The number of hydrogen-bond acceptors (Lipinski definition) is 5. The van der Waals surface area contributed by atoms with Gasteiger partial charge in [0, 0.05) is 34.9 Å². The second kappa shape index (κ2) is 7.97. The Kier molecular flexibility index (Phi) is 5.43. The Hall–Kier alpha value is -1.95. The Balaban J connectivity index is 1.55. The number of pyridine rings is 1. The Bertz CT molecular complexity index is 812. The molecule has 1 unspecified atom stereocenters. The van der Waals surface area contributed by atoms with E-state index in [2.05, 4.69) is 28.2 Å². The average molecular weight is 385 g/mol. The fourth-order valence-corrected chi connectivity index (χ4v) is 5.08. The average Bonchev–Trinajstić information content (AvgIpc) is 3.30. The molecule has 2 aliphatic rings. The summed E-state index contributed by atoms with van der Waals surface area (Å²) in [4.78, 5) is 25.6. The lowest BCUT2D eigenvalue weighted by Crippen LogP contribution is -2.36. The quantitative estimate of drug-likeness (QED) is 0.793. The lowest BCUT2D eigenvalue weighted by Gasteiger charge is -2.30. The molecule has 2 fully saturated rings. The highest BCUT2D eigenvalue weighted by atomic mass is 32.1. The fourth-order valence-electron chi connectivity index (χ4n) is 4.40. The van der Waals surface area contributed by atoms with Crippen LogP contribution in [0, 0.1) is 19.8 Å². The predicted molar refractivity (Wildman–Crippen MR) is 109 cm³/mol. The van der Waals surface area contributed by atoms with Gasteiger partial charge in [-0.25, -0.2) is 4.98 Å². The van der Waals surface area contributed by atoms with Gasteiger partial charge < -0.3 is 10.2 Å². The van der Waals surface area contributed by atoms with Crippen LogP contribution in [0.4, 0.5) is 10.8 Å². The van der Waals surface area contributed by atoms with Crippen LogP contribution in [0.1, 0.15) is 67.3 Å². The van der Waals surface area contributed by atoms with E-state index in [1.807, 2.05) is 19.2 Å². The number of likely N-dealkylation sites (tertiary alicyclic amines) is 1. The molecule has 3 heterocycles. The van der Waals surface area contributed by atoms with Crippen molar-refractivity contribution in [3.63, 3.8) is 0 Å². The molecular weight excluding hydrogens is 356 g/mol. The minimum Gasteiger partial charge on any atom is -0.334 e. The largest absolute Gasteiger partial charge is 0.334 e. The number of nitrogens with zero attached hydrogens (tertiary/aromatic N) is 3. The van der Waals surface area contributed by atoms with Crippen LogP contribution in [0.5, 0.6) is 0 Å². The highest BCUT2D eigenvalue weighted by molar-refractivity contribution is 7.15. The van der Waals surface area contributed by atoms with Crippen molar-refractivity contribution in [2.45, 2.75) is 64.8 Å². The van der Waals surface area contributed by atoms with Crippen molar-refractivity contribution >= 4 is 28.1 Å². The predicted octanol–water partition coefficient (Wildman–Crippen LogP) is 5.14. The van der Waals surface area contributed by atoms with Gasteiger partial charge >= 0.3 is 0 Å². The van der Waals surface area contributed by atoms with E-state index in [9.17, 15) is 4.79 Å². The van der Waals surface area contributed by atoms with Gasteiger partial charge in [0.25, 0.3) is 0 Å². The Morgan fingerprint density at radius 1 is 1.15 bits per heavy atom. The molecule has 6 heteroatoms. The smallest absolute Gasteiger partial charge is 0.226 e. The van der Waals surface area contributed by atoms with Gasteiger partial charge in [-0.1, -0.05) is 19.3 Å². The molecule has 1 atom stereocenters. The molecule has 0 bridgehead atoms. The second-order valence-corrected chi connectivity index (χ2v) is 9.08. The fraction of sp³-hybridized carbons (Fsp3) is 0.571. The third-order valence-corrected chi connectivity index (χ3v) is 6.51. The molecule has 0 spiro atoms. The first kappa shape index (κ1) is 18.4. The van der Waals surface area contributed by atoms with Gasteiger partial charge in [-0.15, -0.1) is 11.3 Å². The van der Waals surface area contributed by atoms with Crippen LogP contribution in [0.15, 0.2) is 18.3 Å². The number of thiazole rings is 1. The Labute approximate surface area is 165 Å². The number of rotatable bonds is 4. The summed E-state index contributed by atoms with van der Waals surface area (Å²) in [6.07, 6.45) is 9.72. The summed E-state index contributed by atoms with van der Waals surface area (Å²) in [5.41, 5.74) is 2.98. The van der Waals surface area contributed by atoms with Crippen LogP contribution in [-0.4, -0.2) is 27.3 Å². The topological polar surface area (TPSA) is 58.1 Å². The molecule has 5 nitrogen and oxygen atoms in total. The van der Waals surface area contributed by atoms with Gasteiger partial charge in [0.1, 0.15) is 0 Å². The number of aryl methyl sites for hydroxylation is 2. The van der Waals surface area contributed by atoms with Gasteiger partial charge in [-0.05, 0) is 51.7 Å². The number of anilines is 2. The molecule has 1 saturated heterocycles. The summed E-state index contributed by atoms with van der Waals surface area (Å²) >= 11 is 1.64. The summed E-state index contributed by atoms with van der Waals surface area (Å²) < 4.78 is 0. The molecule has 1 aliphatic heterocycles. The number of nitrogens with one attached hydrogen (secondary N) is 1. The molecule has 1 saturated carbocycles. The van der Waals surface area contributed by atoms with Crippen LogP contribution in [0.2, 0.25) is 0 Å². The Morgan fingerprint density at radius 2 is 1.96 bits per heavy atom. The number of carbonyl (C=O) groups is 1. The molecule has 0 aromatic carbocycles. The van der Waals surface area contributed by atoms with E-state index in [0.29, 0.717) is 5.91 Å². The molecule has 27 heavy (non-hydrogen) atoms. The third-order valence-electron chi connectivity index (χ3n) is 5.68. The summed E-state index contributed by atoms with van der Waals surface area (Å²) in [5.74, 6) is 0.575.